The van der Waals surface area contributed by atoms with E-state index < -0.39 is 0 Å². The Bertz CT molecular complexity index is 556. The highest BCUT2D eigenvalue weighted by molar-refractivity contribution is 9.10. The second kappa shape index (κ2) is 4.39. The third-order valence-corrected chi connectivity index (χ3v) is 3.66. The lowest BCUT2D eigenvalue weighted by molar-refractivity contribution is 0.595. The highest BCUT2D eigenvalue weighted by atomic mass is 79.9. The fourth-order valence-electron chi connectivity index (χ4n) is 2.08. The van der Waals surface area contributed by atoms with Crippen molar-refractivity contribution in [2.45, 2.75) is 32.7 Å². The van der Waals surface area contributed by atoms with Gasteiger partial charge in [-0.3, -0.25) is 4.98 Å². The minimum Gasteiger partial charge on any atom is -0.326 e. The van der Waals surface area contributed by atoms with Crippen LogP contribution in [0.4, 0.5) is 0 Å². The standard InChI is InChI=1S/C14H17BrN2/c1-14(2,3)11-7-12(15)10(8-16)13-9(11)5-4-6-17-13/h4-7H,8,16H2,1-3H3. The third kappa shape index (κ3) is 2.22. The first kappa shape index (κ1) is 12.5. The van der Waals surface area contributed by atoms with Gasteiger partial charge in [0.05, 0.1) is 5.52 Å². The Kier molecular flexibility index (Phi) is 3.23. The maximum absolute atomic E-state index is 5.81. The zero-order valence-corrected chi connectivity index (χ0v) is 12.0. The highest BCUT2D eigenvalue weighted by Gasteiger charge is 2.20. The van der Waals surface area contributed by atoms with E-state index in [-0.39, 0.29) is 5.41 Å². The molecular weight excluding hydrogens is 276 g/mol. The molecule has 17 heavy (non-hydrogen) atoms. The smallest absolute Gasteiger partial charge is 0.0761 e. The summed E-state index contributed by atoms with van der Waals surface area (Å²) in [4.78, 5) is 4.48. The number of nitrogens with two attached hydrogens (primary N) is 1. The average molecular weight is 293 g/mol. The second-order valence-corrected chi connectivity index (χ2v) is 6.09. The molecule has 0 spiro atoms. The normalized spacial score (nSPS) is 12.1. The molecule has 0 saturated heterocycles. The third-order valence-electron chi connectivity index (χ3n) is 2.96. The van der Waals surface area contributed by atoms with E-state index in [2.05, 4.69) is 53.8 Å². The lowest BCUT2D eigenvalue weighted by Gasteiger charge is -2.23. The largest absolute Gasteiger partial charge is 0.326 e. The molecule has 0 radical (unpaired) electrons. The Morgan fingerprint density at radius 2 is 2.06 bits per heavy atom. The van der Waals surface area contributed by atoms with Crippen LogP contribution in [-0.4, -0.2) is 4.98 Å². The summed E-state index contributed by atoms with van der Waals surface area (Å²) in [7, 11) is 0. The van der Waals surface area contributed by atoms with Crippen LogP contribution in [0.5, 0.6) is 0 Å². The summed E-state index contributed by atoms with van der Waals surface area (Å²) in [5, 5.41) is 1.20. The van der Waals surface area contributed by atoms with Crippen molar-refractivity contribution >= 4 is 26.8 Å². The quantitative estimate of drug-likeness (QED) is 0.869. The first-order valence-corrected chi connectivity index (χ1v) is 6.51. The molecule has 0 atom stereocenters. The van der Waals surface area contributed by atoms with Crippen LogP contribution in [0.25, 0.3) is 10.9 Å². The van der Waals surface area contributed by atoms with Gasteiger partial charge in [0, 0.05) is 28.2 Å². The Morgan fingerprint density at radius 1 is 1.35 bits per heavy atom. The summed E-state index contributed by atoms with van der Waals surface area (Å²) in [5.41, 5.74) is 9.28. The summed E-state index contributed by atoms with van der Waals surface area (Å²) in [6.45, 7) is 7.13. The van der Waals surface area contributed by atoms with Crippen LogP contribution in [-0.2, 0) is 12.0 Å². The Morgan fingerprint density at radius 3 is 2.65 bits per heavy atom. The van der Waals surface area contributed by atoms with Gasteiger partial charge in [-0.1, -0.05) is 42.8 Å². The molecular formula is C14H17BrN2. The Balaban J connectivity index is 2.89. The van der Waals surface area contributed by atoms with Crippen molar-refractivity contribution in [1.29, 1.82) is 0 Å². The monoisotopic (exact) mass is 292 g/mol. The zero-order chi connectivity index (χ0) is 12.6. The van der Waals surface area contributed by atoms with Crippen LogP contribution in [0.3, 0.4) is 0 Å². The molecule has 0 fully saturated rings. The van der Waals surface area contributed by atoms with E-state index in [4.69, 9.17) is 5.73 Å². The molecule has 1 aromatic carbocycles. The van der Waals surface area contributed by atoms with Gasteiger partial charge in [-0.05, 0) is 23.1 Å². The molecule has 0 unspecified atom stereocenters. The number of halogens is 1. The van der Waals surface area contributed by atoms with Gasteiger partial charge in [-0.2, -0.15) is 0 Å². The maximum Gasteiger partial charge on any atom is 0.0761 e. The number of pyridine rings is 1. The van der Waals surface area contributed by atoms with Crippen molar-refractivity contribution in [3.63, 3.8) is 0 Å². The minimum atomic E-state index is 0.0942. The number of nitrogens with zero attached hydrogens (tertiary/aromatic N) is 1. The number of aromatic nitrogens is 1. The van der Waals surface area contributed by atoms with E-state index in [1.807, 2.05) is 12.3 Å². The Hall–Kier alpha value is -0.930. The molecule has 0 saturated carbocycles. The molecule has 1 aromatic heterocycles. The summed E-state index contributed by atoms with van der Waals surface area (Å²) in [6.07, 6.45) is 1.82. The predicted octanol–water partition coefficient (Wildman–Crippen LogP) is 3.75. The van der Waals surface area contributed by atoms with E-state index >= 15 is 0 Å². The maximum atomic E-state index is 5.81. The van der Waals surface area contributed by atoms with Gasteiger partial charge in [0.15, 0.2) is 0 Å². The molecule has 2 N–H and O–H groups in total. The van der Waals surface area contributed by atoms with Crippen molar-refractivity contribution in [2.75, 3.05) is 0 Å². The molecule has 2 aromatic rings. The molecule has 1 heterocycles. The fraction of sp³-hybridized carbons (Fsp3) is 0.357. The molecule has 0 amide bonds. The van der Waals surface area contributed by atoms with E-state index in [0.717, 1.165) is 15.6 Å². The van der Waals surface area contributed by atoms with E-state index in [1.54, 1.807) is 0 Å². The summed E-state index contributed by atoms with van der Waals surface area (Å²) >= 11 is 3.60. The fourth-order valence-corrected chi connectivity index (χ4v) is 2.66. The number of hydrogen-bond acceptors (Lipinski definition) is 2. The molecule has 3 heteroatoms. The van der Waals surface area contributed by atoms with Crippen LogP contribution >= 0.6 is 15.9 Å². The molecule has 90 valence electrons. The number of hydrogen-bond donors (Lipinski definition) is 1. The summed E-state index contributed by atoms with van der Waals surface area (Å²) < 4.78 is 1.05. The number of rotatable bonds is 1. The van der Waals surface area contributed by atoms with Crippen LogP contribution in [0.2, 0.25) is 0 Å². The first-order valence-electron chi connectivity index (χ1n) is 5.72. The molecule has 2 rings (SSSR count). The molecule has 0 aliphatic rings. The van der Waals surface area contributed by atoms with Crippen LogP contribution in [0, 0.1) is 0 Å². The van der Waals surface area contributed by atoms with Gasteiger partial charge in [0.1, 0.15) is 0 Å². The Labute approximate surface area is 110 Å². The van der Waals surface area contributed by atoms with Crippen molar-refractivity contribution in [1.82, 2.24) is 4.98 Å². The molecule has 0 aliphatic heterocycles. The van der Waals surface area contributed by atoms with E-state index in [1.165, 1.54) is 10.9 Å². The van der Waals surface area contributed by atoms with Gasteiger partial charge < -0.3 is 5.73 Å². The van der Waals surface area contributed by atoms with E-state index in [0.29, 0.717) is 6.54 Å². The highest BCUT2D eigenvalue weighted by Crippen LogP contribution is 2.34. The average Bonchev–Trinajstić information content (AvgIpc) is 2.27. The second-order valence-electron chi connectivity index (χ2n) is 5.24. The molecule has 2 nitrogen and oxygen atoms in total. The van der Waals surface area contributed by atoms with E-state index in [9.17, 15) is 0 Å². The van der Waals surface area contributed by atoms with Crippen molar-refractivity contribution in [2.24, 2.45) is 5.73 Å². The van der Waals surface area contributed by atoms with Crippen molar-refractivity contribution in [3.05, 3.63) is 40.0 Å². The lowest BCUT2D eigenvalue weighted by atomic mass is 9.83. The van der Waals surface area contributed by atoms with Gasteiger partial charge in [0.25, 0.3) is 0 Å². The SMILES string of the molecule is CC(C)(C)c1cc(Br)c(CN)c2ncccc12. The zero-order valence-electron chi connectivity index (χ0n) is 10.4. The van der Waals surface area contributed by atoms with Crippen LogP contribution in [0.15, 0.2) is 28.9 Å². The van der Waals surface area contributed by atoms with Gasteiger partial charge in [-0.25, -0.2) is 0 Å². The molecule has 0 bridgehead atoms. The van der Waals surface area contributed by atoms with Crippen LogP contribution < -0.4 is 5.73 Å². The topological polar surface area (TPSA) is 38.9 Å². The minimum absolute atomic E-state index is 0.0942. The first-order chi connectivity index (χ1) is 7.95. The van der Waals surface area contributed by atoms with Crippen LogP contribution in [0.1, 0.15) is 31.9 Å². The van der Waals surface area contributed by atoms with Crippen molar-refractivity contribution in [3.8, 4) is 0 Å². The predicted molar refractivity (Wildman–Crippen MR) is 76.0 cm³/mol. The van der Waals surface area contributed by atoms with Crippen molar-refractivity contribution < 1.29 is 0 Å². The number of benzene rings is 1. The lowest BCUT2D eigenvalue weighted by Crippen LogP contribution is -2.13. The van der Waals surface area contributed by atoms with Gasteiger partial charge in [-0.15, -0.1) is 0 Å². The molecule has 0 aliphatic carbocycles. The number of fused-ring (bicyclic) bond motifs is 1. The summed E-state index contributed by atoms with van der Waals surface area (Å²) in [5.74, 6) is 0. The van der Waals surface area contributed by atoms with Gasteiger partial charge >= 0.3 is 0 Å². The summed E-state index contributed by atoms with van der Waals surface area (Å²) in [6, 6.07) is 6.27. The van der Waals surface area contributed by atoms with Gasteiger partial charge in [0.2, 0.25) is 0 Å².